The molecule has 108 valence electrons. The molecule has 0 saturated carbocycles. The van der Waals surface area contributed by atoms with Gasteiger partial charge in [-0.05, 0) is 31.0 Å². The molecule has 0 amide bonds. The molecule has 0 radical (unpaired) electrons. The van der Waals surface area contributed by atoms with E-state index in [1.54, 1.807) is 11.3 Å². The number of fused-ring (bicyclic) bond motifs is 1. The first kappa shape index (κ1) is 14.6. The molecule has 1 nitrogen and oxygen atoms in total. The van der Waals surface area contributed by atoms with Crippen LogP contribution in [0.3, 0.4) is 0 Å². The lowest BCUT2D eigenvalue weighted by Crippen LogP contribution is -2.14. The lowest BCUT2D eigenvalue weighted by atomic mass is 10.1. The smallest absolute Gasteiger partial charge is 0.0636 e. The third kappa shape index (κ3) is 3.65. The summed E-state index contributed by atoms with van der Waals surface area (Å²) >= 11 is 8.22. The van der Waals surface area contributed by atoms with E-state index in [2.05, 4.69) is 53.8 Å². The van der Waals surface area contributed by atoms with Crippen LogP contribution in [-0.4, -0.2) is 6.54 Å². The molecule has 0 fully saturated rings. The van der Waals surface area contributed by atoms with Crippen molar-refractivity contribution >= 4 is 33.0 Å². The van der Waals surface area contributed by atoms with E-state index in [0.717, 1.165) is 31.0 Å². The first-order chi connectivity index (χ1) is 10.3. The Kier molecular flexibility index (Phi) is 4.91. The maximum atomic E-state index is 6.44. The van der Waals surface area contributed by atoms with E-state index in [0.29, 0.717) is 0 Å². The summed E-state index contributed by atoms with van der Waals surface area (Å²) in [6, 6.07) is 18.9. The van der Waals surface area contributed by atoms with E-state index in [1.165, 1.54) is 20.5 Å². The molecule has 0 aliphatic heterocycles. The number of benzene rings is 2. The highest BCUT2D eigenvalue weighted by Gasteiger charge is 2.08. The summed E-state index contributed by atoms with van der Waals surface area (Å²) in [7, 11) is 0. The van der Waals surface area contributed by atoms with Crippen LogP contribution in [0.4, 0.5) is 0 Å². The molecule has 3 aromatic rings. The van der Waals surface area contributed by atoms with Crippen molar-refractivity contribution < 1.29 is 0 Å². The molecule has 2 aromatic carbocycles. The average molecular weight is 316 g/mol. The van der Waals surface area contributed by atoms with Crippen LogP contribution in [0, 0.1) is 0 Å². The zero-order chi connectivity index (χ0) is 14.5. The van der Waals surface area contributed by atoms with Crippen molar-refractivity contribution in [2.45, 2.75) is 19.4 Å². The van der Waals surface area contributed by atoms with Gasteiger partial charge in [-0.1, -0.05) is 60.1 Å². The van der Waals surface area contributed by atoms with Crippen LogP contribution in [0.15, 0.2) is 54.6 Å². The molecular formula is C18H18ClNS. The van der Waals surface area contributed by atoms with Crippen LogP contribution in [0.1, 0.15) is 16.9 Å². The molecular weight excluding hydrogens is 298 g/mol. The van der Waals surface area contributed by atoms with E-state index in [4.69, 9.17) is 11.6 Å². The van der Waals surface area contributed by atoms with E-state index < -0.39 is 0 Å². The summed E-state index contributed by atoms with van der Waals surface area (Å²) in [6.45, 7) is 1.87. The van der Waals surface area contributed by atoms with Gasteiger partial charge in [0.05, 0.1) is 5.02 Å². The molecule has 0 aliphatic rings. The van der Waals surface area contributed by atoms with Gasteiger partial charge in [-0.2, -0.15) is 0 Å². The molecule has 21 heavy (non-hydrogen) atoms. The van der Waals surface area contributed by atoms with E-state index in [-0.39, 0.29) is 0 Å². The molecule has 1 heterocycles. The molecule has 0 spiro atoms. The van der Waals surface area contributed by atoms with Crippen molar-refractivity contribution in [3.8, 4) is 0 Å². The Bertz CT molecular complexity index is 706. The molecule has 0 saturated heterocycles. The molecule has 0 bridgehead atoms. The third-order valence-electron chi connectivity index (χ3n) is 3.55. The average Bonchev–Trinajstić information content (AvgIpc) is 2.85. The van der Waals surface area contributed by atoms with Gasteiger partial charge in [-0.3, -0.25) is 0 Å². The van der Waals surface area contributed by atoms with Gasteiger partial charge in [0, 0.05) is 21.5 Å². The normalized spacial score (nSPS) is 11.1. The summed E-state index contributed by atoms with van der Waals surface area (Å²) in [4.78, 5) is 1.23. The van der Waals surface area contributed by atoms with Gasteiger partial charge in [0.1, 0.15) is 0 Å². The monoisotopic (exact) mass is 315 g/mol. The fraction of sp³-hybridized carbons (Fsp3) is 0.222. The quantitative estimate of drug-likeness (QED) is 0.610. The lowest BCUT2D eigenvalue weighted by molar-refractivity contribution is 0.654. The lowest BCUT2D eigenvalue weighted by Gasteiger charge is -2.04. The van der Waals surface area contributed by atoms with Crippen LogP contribution in [0.5, 0.6) is 0 Å². The molecule has 1 aromatic heterocycles. The second-order valence-electron chi connectivity index (χ2n) is 5.10. The summed E-state index contributed by atoms with van der Waals surface area (Å²) in [6.07, 6.45) is 2.26. The fourth-order valence-electron chi connectivity index (χ4n) is 2.44. The maximum Gasteiger partial charge on any atom is 0.0636 e. The standard InChI is InChI=1S/C18H18ClNS/c19-18-15-10-4-5-11-16(15)21-17(18)13-20-12-6-9-14-7-2-1-3-8-14/h1-5,7-8,10-11,20H,6,9,12-13H2. The van der Waals surface area contributed by atoms with Gasteiger partial charge in [-0.25, -0.2) is 0 Å². The Hall–Kier alpha value is -1.35. The number of aryl methyl sites for hydroxylation is 1. The first-order valence-electron chi connectivity index (χ1n) is 7.25. The van der Waals surface area contributed by atoms with Gasteiger partial charge in [0.25, 0.3) is 0 Å². The number of halogens is 1. The highest BCUT2D eigenvalue weighted by atomic mass is 35.5. The van der Waals surface area contributed by atoms with Crippen LogP contribution >= 0.6 is 22.9 Å². The minimum atomic E-state index is 0.854. The number of rotatable bonds is 6. The number of hydrogen-bond acceptors (Lipinski definition) is 2. The highest BCUT2D eigenvalue weighted by Crippen LogP contribution is 2.34. The summed E-state index contributed by atoms with van der Waals surface area (Å²) in [5.74, 6) is 0. The van der Waals surface area contributed by atoms with Gasteiger partial charge in [-0.15, -0.1) is 11.3 Å². The Morgan fingerprint density at radius 2 is 1.71 bits per heavy atom. The predicted molar refractivity (Wildman–Crippen MR) is 93.3 cm³/mol. The van der Waals surface area contributed by atoms with Crippen molar-refractivity contribution in [3.05, 3.63) is 70.1 Å². The zero-order valence-corrected chi connectivity index (χ0v) is 13.4. The second-order valence-corrected chi connectivity index (χ2v) is 6.62. The molecule has 3 rings (SSSR count). The van der Waals surface area contributed by atoms with Crippen molar-refractivity contribution in [1.82, 2.24) is 5.32 Å². The van der Waals surface area contributed by atoms with Gasteiger partial charge < -0.3 is 5.32 Å². The minimum Gasteiger partial charge on any atom is -0.312 e. The van der Waals surface area contributed by atoms with E-state index in [1.807, 2.05) is 6.07 Å². The molecule has 1 N–H and O–H groups in total. The van der Waals surface area contributed by atoms with Crippen molar-refractivity contribution in [3.63, 3.8) is 0 Å². The topological polar surface area (TPSA) is 12.0 Å². The summed E-state index contributed by atoms with van der Waals surface area (Å²) in [5.41, 5.74) is 1.40. The van der Waals surface area contributed by atoms with Crippen LogP contribution < -0.4 is 5.32 Å². The Balaban J connectivity index is 1.49. The SMILES string of the molecule is Clc1c(CNCCCc2ccccc2)sc2ccccc12. The van der Waals surface area contributed by atoms with Crippen LogP contribution in [-0.2, 0) is 13.0 Å². The van der Waals surface area contributed by atoms with Crippen molar-refractivity contribution in [2.75, 3.05) is 6.54 Å². The molecule has 0 aliphatic carbocycles. The molecule has 3 heteroatoms. The zero-order valence-electron chi connectivity index (χ0n) is 11.8. The van der Waals surface area contributed by atoms with Crippen molar-refractivity contribution in [2.24, 2.45) is 0 Å². The Morgan fingerprint density at radius 3 is 2.52 bits per heavy atom. The largest absolute Gasteiger partial charge is 0.312 e. The third-order valence-corrected chi connectivity index (χ3v) is 5.26. The maximum absolute atomic E-state index is 6.44. The van der Waals surface area contributed by atoms with Crippen molar-refractivity contribution in [1.29, 1.82) is 0 Å². The van der Waals surface area contributed by atoms with Gasteiger partial charge >= 0.3 is 0 Å². The van der Waals surface area contributed by atoms with Gasteiger partial charge in [0.2, 0.25) is 0 Å². The summed E-state index contributed by atoms with van der Waals surface area (Å²) in [5, 5.41) is 5.58. The summed E-state index contributed by atoms with van der Waals surface area (Å²) < 4.78 is 1.27. The number of thiophene rings is 1. The Morgan fingerprint density at radius 1 is 0.952 bits per heavy atom. The highest BCUT2D eigenvalue weighted by molar-refractivity contribution is 7.19. The second kappa shape index (κ2) is 7.08. The Labute approximate surface area is 134 Å². The van der Waals surface area contributed by atoms with Gasteiger partial charge in [0.15, 0.2) is 0 Å². The first-order valence-corrected chi connectivity index (χ1v) is 8.44. The van der Waals surface area contributed by atoms with Crippen LogP contribution in [0.25, 0.3) is 10.1 Å². The number of nitrogens with one attached hydrogen (secondary N) is 1. The van der Waals surface area contributed by atoms with E-state index in [9.17, 15) is 0 Å². The predicted octanol–water partition coefficient (Wildman–Crippen LogP) is 5.28. The minimum absolute atomic E-state index is 0.854. The number of hydrogen-bond donors (Lipinski definition) is 1. The fourth-order valence-corrected chi connectivity index (χ4v) is 3.91. The van der Waals surface area contributed by atoms with Crippen LogP contribution in [0.2, 0.25) is 5.02 Å². The van der Waals surface area contributed by atoms with E-state index >= 15 is 0 Å². The molecule has 0 unspecified atom stereocenters. The molecule has 0 atom stereocenters.